The second-order valence-electron chi connectivity index (χ2n) is 3.80. The number of halogens is 3. The molecule has 0 bridgehead atoms. The molecule has 0 spiro atoms. The number of carbonyl (C=O) groups is 2. The third kappa shape index (κ3) is 3.98. The number of alkyl halides is 3. The first kappa shape index (κ1) is 16.5. The van der Waals surface area contributed by atoms with Crippen LogP contribution in [0.25, 0.3) is 5.76 Å². The zero-order chi connectivity index (χ0) is 16.2. The summed E-state index contributed by atoms with van der Waals surface area (Å²) in [6, 6.07) is 2.31. The standard InChI is InChI=1S/C13H11F3O5/c1-20-11-5-7(13(14,15)16)3-4-8(11)9(17)6-10(18)12(19)21-2/h3-6,17H,1-2H3/b9-6-. The topological polar surface area (TPSA) is 72.8 Å². The summed E-state index contributed by atoms with van der Waals surface area (Å²) < 4.78 is 46.5. The van der Waals surface area contributed by atoms with Crippen LogP contribution in [0.3, 0.4) is 0 Å². The third-order valence-electron chi connectivity index (χ3n) is 2.46. The first-order valence-electron chi connectivity index (χ1n) is 5.49. The van der Waals surface area contributed by atoms with Crippen LogP contribution in [0.2, 0.25) is 0 Å². The fraction of sp³-hybridized carbons (Fsp3) is 0.231. The number of ether oxygens (including phenoxy) is 2. The monoisotopic (exact) mass is 304 g/mol. The van der Waals surface area contributed by atoms with Crippen molar-refractivity contribution in [3.05, 3.63) is 35.4 Å². The Hall–Kier alpha value is -2.51. The minimum Gasteiger partial charge on any atom is -0.507 e. The number of rotatable bonds is 4. The van der Waals surface area contributed by atoms with E-state index in [-0.39, 0.29) is 11.3 Å². The zero-order valence-electron chi connectivity index (χ0n) is 11.0. The van der Waals surface area contributed by atoms with Crippen LogP contribution in [-0.4, -0.2) is 31.1 Å². The van der Waals surface area contributed by atoms with Gasteiger partial charge in [-0.25, -0.2) is 4.79 Å². The van der Waals surface area contributed by atoms with Crippen molar-refractivity contribution < 1.29 is 37.3 Å². The Morgan fingerprint density at radius 2 is 1.86 bits per heavy atom. The molecule has 0 unspecified atom stereocenters. The van der Waals surface area contributed by atoms with E-state index >= 15 is 0 Å². The Balaban J connectivity index is 3.22. The molecule has 0 heterocycles. The summed E-state index contributed by atoms with van der Waals surface area (Å²) >= 11 is 0. The molecule has 0 radical (unpaired) electrons. The highest BCUT2D eigenvalue weighted by Crippen LogP contribution is 2.34. The predicted molar refractivity (Wildman–Crippen MR) is 65.6 cm³/mol. The Labute approximate surface area is 117 Å². The summed E-state index contributed by atoms with van der Waals surface area (Å²) in [7, 11) is 2.08. The van der Waals surface area contributed by atoms with Crippen molar-refractivity contribution in [3.63, 3.8) is 0 Å². The molecule has 1 N–H and O–H groups in total. The molecular weight excluding hydrogens is 293 g/mol. The Morgan fingerprint density at radius 1 is 1.24 bits per heavy atom. The molecule has 0 atom stereocenters. The number of carbonyl (C=O) groups excluding carboxylic acids is 2. The summed E-state index contributed by atoms with van der Waals surface area (Å²) in [4.78, 5) is 22.2. The molecule has 5 nitrogen and oxygen atoms in total. The molecule has 0 aliphatic heterocycles. The maximum Gasteiger partial charge on any atom is 0.416 e. The molecule has 0 aromatic heterocycles. The van der Waals surface area contributed by atoms with Gasteiger partial charge in [-0.3, -0.25) is 4.79 Å². The second-order valence-corrected chi connectivity index (χ2v) is 3.80. The van der Waals surface area contributed by atoms with E-state index in [0.29, 0.717) is 18.2 Å². The minimum absolute atomic E-state index is 0.164. The normalized spacial score (nSPS) is 12.0. The lowest BCUT2D eigenvalue weighted by Crippen LogP contribution is -2.13. The molecule has 0 aliphatic rings. The number of hydrogen-bond acceptors (Lipinski definition) is 5. The van der Waals surface area contributed by atoms with Gasteiger partial charge in [-0.2, -0.15) is 13.2 Å². The molecule has 8 heteroatoms. The molecule has 0 fully saturated rings. The smallest absolute Gasteiger partial charge is 0.416 e. The van der Waals surface area contributed by atoms with E-state index < -0.39 is 29.3 Å². The van der Waals surface area contributed by atoms with Gasteiger partial charge in [0.15, 0.2) is 0 Å². The van der Waals surface area contributed by atoms with Gasteiger partial charge in [0, 0.05) is 6.08 Å². The second kappa shape index (κ2) is 6.29. The van der Waals surface area contributed by atoms with E-state index in [2.05, 4.69) is 4.74 Å². The van der Waals surface area contributed by atoms with Crippen molar-refractivity contribution >= 4 is 17.5 Å². The van der Waals surface area contributed by atoms with Gasteiger partial charge in [0.2, 0.25) is 0 Å². The number of benzene rings is 1. The fourth-order valence-electron chi connectivity index (χ4n) is 1.44. The minimum atomic E-state index is -4.58. The summed E-state index contributed by atoms with van der Waals surface area (Å²) in [6.45, 7) is 0. The van der Waals surface area contributed by atoms with Crippen LogP contribution in [0.15, 0.2) is 24.3 Å². The van der Waals surface area contributed by atoms with Gasteiger partial charge in [0.25, 0.3) is 5.78 Å². The quantitative estimate of drug-likeness (QED) is 0.400. The van der Waals surface area contributed by atoms with Crippen molar-refractivity contribution in [2.45, 2.75) is 6.18 Å². The van der Waals surface area contributed by atoms with Crippen LogP contribution in [-0.2, 0) is 20.5 Å². The molecule has 1 aromatic carbocycles. The molecule has 21 heavy (non-hydrogen) atoms. The molecule has 0 amide bonds. The van der Waals surface area contributed by atoms with E-state index in [4.69, 9.17) is 4.74 Å². The predicted octanol–water partition coefficient (Wildman–Crippen LogP) is 2.36. The summed E-state index contributed by atoms with van der Waals surface area (Å²) in [6.07, 6.45) is -4.04. The number of aliphatic hydroxyl groups is 1. The molecule has 0 aliphatic carbocycles. The zero-order valence-corrected chi connectivity index (χ0v) is 11.0. The summed E-state index contributed by atoms with van der Waals surface area (Å²) in [5, 5.41) is 9.71. The van der Waals surface area contributed by atoms with Gasteiger partial charge in [-0.1, -0.05) is 0 Å². The molecule has 1 aromatic rings. The Kier molecular flexibility index (Phi) is 4.96. The van der Waals surface area contributed by atoms with Gasteiger partial charge in [-0.05, 0) is 18.2 Å². The Bertz CT molecular complexity index is 590. The Morgan fingerprint density at radius 3 is 2.33 bits per heavy atom. The van der Waals surface area contributed by atoms with E-state index in [1.807, 2.05) is 0 Å². The fourth-order valence-corrected chi connectivity index (χ4v) is 1.44. The number of esters is 1. The van der Waals surface area contributed by atoms with Crippen LogP contribution in [0, 0.1) is 0 Å². The van der Waals surface area contributed by atoms with E-state index in [9.17, 15) is 27.9 Å². The van der Waals surface area contributed by atoms with Crippen LogP contribution < -0.4 is 4.74 Å². The van der Waals surface area contributed by atoms with Gasteiger partial charge < -0.3 is 14.6 Å². The van der Waals surface area contributed by atoms with E-state index in [1.54, 1.807) is 0 Å². The first-order valence-corrected chi connectivity index (χ1v) is 5.49. The van der Waals surface area contributed by atoms with Gasteiger partial charge in [-0.15, -0.1) is 0 Å². The molecule has 114 valence electrons. The molecule has 0 saturated carbocycles. The number of aliphatic hydroxyl groups excluding tert-OH is 1. The average molecular weight is 304 g/mol. The highest BCUT2D eigenvalue weighted by atomic mass is 19.4. The van der Waals surface area contributed by atoms with Crippen molar-refractivity contribution in [3.8, 4) is 5.75 Å². The van der Waals surface area contributed by atoms with Crippen LogP contribution in [0.4, 0.5) is 13.2 Å². The summed E-state index contributed by atoms with van der Waals surface area (Å²) in [5.41, 5.74) is -1.14. The summed E-state index contributed by atoms with van der Waals surface area (Å²) in [5.74, 6) is -3.38. The lowest BCUT2D eigenvalue weighted by molar-refractivity contribution is -0.149. The average Bonchev–Trinajstić information content (AvgIpc) is 2.44. The maximum absolute atomic E-state index is 12.6. The lowest BCUT2D eigenvalue weighted by atomic mass is 10.1. The van der Waals surface area contributed by atoms with E-state index in [1.165, 1.54) is 0 Å². The van der Waals surface area contributed by atoms with Crippen LogP contribution in [0.5, 0.6) is 5.75 Å². The SMILES string of the molecule is COC(=O)C(=O)/C=C(\O)c1ccc(C(F)(F)F)cc1OC. The van der Waals surface area contributed by atoms with Crippen molar-refractivity contribution in [1.29, 1.82) is 0 Å². The van der Waals surface area contributed by atoms with Crippen molar-refractivity contribution in [2.75, 3.05) is 14.2 Å². The number of ketones is 1. The third-order valence-corrected chi connectivity index (χ3v) is 2.46. The van der Waals surface area contributed by atoms with Crippen molar-refractivity contribution in [2.24, 2.45) is 0 Å². The molecule has 1 rings (SSSR count). The van der Waals surface area contributed by atoms with Crippen molar-refractivity contribution in [1.82, 2.24) is 0 Å². The van der Waals surface area contributed by atoms with Crippen LogP contribution in [0.1, 0.15) is 11.1 Å². The van der Waals surface area contributed by atoms with Gasteiger partial charge >= 0.3 is 12.1 Å². The maximum atomic E-state index is 12.6. The largest absolute Gasteiger partial charge is 0.507 e. The molecule has 0 saturated heterocycles. The lowest BCUT2D eigenvalue weighted by Gasteiger charge is -2.12. The highest BCUT2D eigenvalue weighted by molar-refractivity contribution is 6.39. The highest BCUT2D eigenvalue weighted by Gasteiger charge is 2.31. The van der Waals surface area contributed by atoms with Gasteiger partial charge in [0.05, 0.1) is 25.3 Å². The van der Waals surface area contributed by atoms with Crippen LogP contribution >= 0.6 is 0 Å². The molecular formula is C13H11F3O5. The number of hydrogen-bond donors (Lipinski definition) is 1. The van der Waals surface area contributed by atoms with E-state index in [0.717, 1.165) is 20.3 Å². The number of methoxy groups -OCH3 is 2. The first-order chi connectivity index (χ1) is 9.70. The van der Waals surface area contributed by atoms with Gasteiger partial charge in [0.1, 0.15) is 11.5 Å².